The van der Waals surface area contributed by atoms with Crippen LogP contribution in [0.2, 0.25) is 0 Å². The second-order valence-corrected chi connectivity index (χ2v) is 8.12. The van der Waals surface area contributed by atoms with Gasteiger partial charge in [-0.3, -0.25) is 9.80 Å². The van der Waals surface area contributed by atoms with Crippen LogP contribution in [0.4, 0.5) is 0 Å². The lowest BCUT2D eigenvalue weighted by atomic mass is 9.99. The quantitative estimate of drug-likeness (QED) is 0.854. The second-order valence-electron chi connectivity index (χ2n) is 8.12. The summed E-state index contributed by atoms with van der Waals surface area (Å²) < 4.78 is 0. The van der Waals surface area contributed by atoms with Gasteiger partial charge in [-0.05, 0) is 65.6 Å². The van der Waals surface area contributed by atoms with Gasteiger partial charge < -0.3 is 5.32 Å². The number of nitrogens with one attached hydrogen (secondary N) is 1. The average Bonchev–Trinajstić information content (AvgIpc) is 2.66. The summed E-state index contributed by atoms with van der Waals surface area (Å²) in [5.41, 5.74) is 0.221. The summed E-state index contributed by atoms with van der Waals surface area (Å²) in [5, 5.41) is 3.73. The first kappa shape index (κ1) is 16.3. The van der Waals surface area contributed by atoms with Gasteiger partial charge in [0.15, 0.2) is 0 Å². The summed E-state index contributed by atoms with van der Waals surface area (Å²) in [6, 6.07) is 1.50. The summed E-state index contributed by atoms with van der Waals surface area (Å²) in [4.78, 5) is 5.51. The highest BCUT2D eigenvalue weighted by atomic mass is 15.3. The second kappa shape index (κ2) is 6.76. The van der Waals surface area contributed by atoms with Crippen molar-refractivity contribution in [2.24, 2.45) is 5.92 Å². The van der Waals surface area contributed by atoms with E-state index in [2.05, 4.69) is 49.7 Å². The molecule has 3 heteroatoms. The molecule has 0 aliphatic carbocycles. The highest BCUT2D eigenvalue weighted by Crippen LogP contribution is 2.24. The van der Waals surface area contributed by atoms with Crippen LogP contribution in [0.25, 0.3) is 0 Å². The monoisotopic (exact) mass is 281 g/mol. The number of hydrogen-bond acceptors (Lipinski definition) is 3. The molecular weight excluding hydrogens is 246 g/mol. The van der Waals surface area contributed by atoms with Crippen molar-refractivity contribution in [1.82, 2.24) is 15.1 Å². The largest absolute Gasteiger partial charge is 0.311 e. The molecule has 0 amide bonds. The van der Waals surface area contributed by atoms with Crippen molar-refractivity contribution in [2.45, 2.75) is 71.5 Å². The molecule has 0 aromatic carbocycles. The first-order valence-electron chi connectivity index (χ1n) is 8.60. The van der Waals surface area contributed by atoms with Crippen LogP contribution in [0.15, 0.2) is 0 Å². The molecule has 2 rings (SSSR count). The van der Waals surface area contributed by atoms with Gasteiger partial charge in [-0.25, -0.2) is 0 Å². The first-order valence-corrected chi connectivity index (χ1v) is 8.60. The molecule has 0 bridgehead atoms. The molecule has 0 aromatic heterocycles. The minimum Gasteiger partial charge on any atom is -0.311 e. The summed E-state index contributed by atoms with van der Waals surface area (Å²) >= 11 is 0. The van der Waals surface area contributed by atoms with Crippen molar-refractivity contribution < 1.29 is 0 Å². The van der Waals surface area contributed by atoms with E-state index in [1.165, 1.54) is 45.4 Å². The SMILES string of the molecule is CC(C)C(CNC(C)(C)C)N1CCCN2CCCC2C1. The van der Waals surface area contributed by atoms with E-state index < -0.39 is 0 Å². The maximum atomic E-state index is 3.73. The Kier molecular flexibility index (Phi) is 5.49. The van der Waals surface area contributed by atoms with Crippen molar-refractivity contribution >= 4 is 0 Å². The predicted octanol–water partition coefficient (Wildman–Crippen LogP) is 2.57. The Labute approximate surface area is 126 Å². The van der Waals surface area contributed by atoms with Gasteiger partial charge in [0.25, 0.3) is 0 Å². The van der Waals surface area contributed by atoms with Crippen molar-refractivity contribution in [3.63, 3.8) is 0 Å². The van der Waals surface area contributed by atoms with Gasteiger partial charge in [0.2, 0.25) is 0 Å². The molecule has 2 saturated heterocycles. The fourth-order valence-electron chi connectivity index (χ4n) is 3.73. The summed E-state index contributed by atoms with van der Waals surface area (Å²) in [5.74, 6) is 0.720. The van der Waals surface area contributed by atoms with Gasteiger partial charge in [-0.1, -0.05) is 13.8 Å². The Hall–Kier alpha value is -0.120. The van der Waals surface area contributed by atoms with Crippen LogP contribution in [0.5, 0.6) is 0 Å². The number of nitrogens with zero attached hydrogens (tertiary/aromatic N) is 2. The normalized spacial score (nSPS) is 27.6. The topological polar surface area (TPSA) is 18.5 Å². The standard InChI is InChI=1S/C17H35N3/c1-14(2)16(12-18-17(3,4)5)20-11-7-10-19-9-6-8-15(19)13-20/h14-16,18H,6-13H2,1-5H3. The molecule has 118 valence electrons. The van der Waals surface area contributed by atoms with E-state index >= 15 is 0 Å². The summed E-state index contributed by atoms with van der Waals surface area (Å²) in [7, 11) is 0. The molecule has 2 heterocycles. The fourth-order valence-corrected chi connectivity index (χ4v) is 3.73. The molecule has 2 unspecified atom stereocenters. The molecule has 2 fully saturated rings. The smallest absolute Gasteiger partial charge is 0.0244 e. The van der Waals surface area contributed by atoms with E-state index in [4.69, 9.17) is 0 Å². The lowest BCUT2D eigenvalue weighted by Crippen LogP contribution is -2.51. The van der Waals surface area contributed by atoms with Crippen molar-refractivity contribution in [3.8, 4) is 0 Å². The minimum atomic E-state index is 0.221. The first-order chi connectivity index (χ1) is 9.37. The van der Waals surface area contributed by atoms with E-state index in [0.717, 1.165) is 18.5 Å². The van der Waals surface area contributed by atoms with Crippen LogP contribution >= 0.6 is 0 Å². The van der Waals surface area contributed by atoms with Gasteiger partial charge in [0.05, 0.1) is 0 Å². The molecule has 3 nitrogen and oxygen atoms in total. The molecule has 2 aliphatic rings. The summed E-state index contributed by atoms with van der Waals surface area (Å²) in [6.07, 6.45) is 4.16. The number of fused-ring (bicyclic) bond motifs is 1. The molecule has 0 saturated carbocycles. The van der Waals surface area contributed by atoms with Gasteiger partial charge in [-0.2, -0.15) is 0 Å². The van der Waals surface area contributed by atoms with Crippen LogP contribution in [-0.4, -0.2) is 60.1 Å². The Morgan fingerprint density at radius 1 is 1.10 bits per heavy atom. The molecule has 0 spiro atoms. The van der Waals surface area contributed by atoms with Crippen LogP contribution < -0.4 is 5.32 Å². The third-order valence-electron chi connectivity index (χ3n) is 4.92. The molecule has 20 heavy (non-hydrogen) atoms. The van der Waals surface area contributed by atoms with Crippen molar-refractivity contribution in [3.05, 3.63) is 0 Å². The maximum absolute atomic E-state index is 3.73. The zero-order chi connectivity index (χ0) is 14.8. The third kappa shape index (κ3) is 4.44. The highest BCUT2D eigenvalue weighted by Gasteiger charge is 2.32. The van der Waals surface area contributed by atoms with E-state index in [1.54, 1.807) is 0 Å². The van der Waals surface area contributed by atoms with Gasteiger partial charge >= 0.3 is 0 Å². The number of hydrogen-bond donors (Lipinski definition) is 1. The van der Waals surface area contributed by atoms with Crippen LogP contribution in [0, 0.1) is 5.92 Å². The molecule has 2 aliphatic heterocycles. The zero-order valence-corrected chi connectivity index (χ0v) is 14.3. The summed E-state index contributed by atoms with van der Waals surface area (Å²) in [6.45, 7) is 17.9. The Bertz CT molecular complexity index is 295. The molecular formula is C17H35N3. The van der Waals surface area contributed by atoms with Crippen molar-refractivity contribution in [2.75, 3.05) is 32.7 Å². The van der Waals surface area contributed by atoms with Crippen LogP contribution in [0.3, 0.4) is 0 Å². The molecule has 1 N–H and O–H groups in total. The average molecular weight is 281 g/mol. The highest BCUT2D eigenvalue weighted by molar-refractivity contribution is 4.89. The van der Waals surface area contributed by atoms with Crippen molar-refractivity contribution in [1.29, 1.82) is 0 Å². The van der Waals surface area contributed by atoms with Gasteiger partial charge in [0.1, 0.15) is 0 Å². The Morgan fingerprint density at radius 3 is 2.45 bits per heavy atom. The van der Waals surface area contributed by atoms with Gasteiger partial charge in [0, 0.05) is 30.7 Å². The Morgan fingerprint density at radius 2 is 1.80 bits per heavy atom. The zero-order valence-electron chi connectivity index (χ0n) is 14.3. The Balaban J connectivity index is 1.97. The van der Waals surface area contributed by atoms with Crippen LogP contribution in [0.1, 0.15) is 53.9 Å². The predicted molar refractivity (Wildman–Crippen MR) is 87.2 cm³/mol. The lowest BCUT2D eigenvalue weighted by molar-refractivity contribution is 0.131. The van der Waals surface area contributed by atoms with E-state index in [-0.39, 0.29) is 5.54 Å². The van der Waals surface area contributed by atoms with E-state index in [9.17, 15) is 0 Å². The molecule has 0 radical (unpaired) electrons. The van der Waals surface area contributed by atoms with Crippen LogP contribution in [-0.2, 0) is 0 Å². The maximum Gasteiger partial charge on any atom is 0.0244 e. The molecule has 2 atom stereocenters. The fraction of sp³-hybridized carbons (Fsp3) is 1.00. The number of rotatable bonds is 4. The molecule has 0 aromatic rings. The van der Waals surface area contributed by atoms with E-state index in [1.807, 2.05) is 0 Å². The van der Waals surface area contributed by atoms with Gasteiger partial charge in [-0.15, -0.1) is 0 Å². The minimum absolute atomic E-state index is 0.221. The van der Waals surface area contributed by atoms with E-state index in [0.29, 0.717) is 6.04 Å². The lowest BCUT2D eigenvalue weighted by Gasteiger charge is -2.37. The third-order valence-corrected chi connectivity index (χ3v) is 4.92.